The molecule has 1 unspecified atom stereocenters. The summed E-state index contributed by atoms with van der Waals surface area (Å²) in [5.41, 5.74) is 8.98. The molecule has 2 aromatic heterocycles. The molecule has 43 heavy (non-hydrogen) atoms. The SMILES string of the molecule is Nc1noc2ccc(-n3nc(C(F)(F)F)c4c3C(=O)N(c3ccc(-c5ccccc5CC5CC[C@@H](O)C5)cc3)CC4)cc12. The number of benzene rings is 3. The van der Waals surface area contributed by atoms with Crippen molar-refractivity contribution in [3.63, 3.8) is 0 Å². The predicted octanol–water partition coefficient (Wildman–Crippen LogP) is 6.19. The van der Waals surface area contributed by atoms with Gasteiger partial charge >= 0.3 is 6.18 Å². The van der Waals surface area contributed by atoms with Crippen LogP contribution in [0.3, 0.4) is 0 Å². The number of alkyl halides is 3. The number of nitrogen functional groups attached to an aromatic ring is 1. The van der Waals surface area contributed by atoms with E-state index in [1.807, 2.05) is 36.4 Å². The van der Waals surface area contributed by atoms with Crippen LogP contribution in [0.15, 0.2) is 71.3 Å². The Hall–Kier alpha value is -4.64. The summed E-state index contributed by atoms with van der Waals surface area (Å²) in [6, 6.07) is 20.2. The van der Waals surface area contributed by atoms with Gasteiger partial charge in [0.2, 0.25) is 0 Å². The van der Waals surface area contributed by atoms with Gasteiger partial charge in [0, 0.05) is 17.8 Å². The van der Waals surface area contributed by atoms with E-state index in [4.69, 9.17) is 10.3 Å². The van der Waals surface area contributed by atoms with Crippen LogP contribution in [0, 0.1) is 5.92 Å². The fraction of sp³-hybridized carbons (Fsp3) is 0.281. The molecule has 1 amide bonds. The minimum absolute atomic E-state index is 0.00854. The zero-order valence-electron chi connectivity index (χ0n) is 23.0. The molecular weight excluding hydrogens is 559 g/mol. The van der Waals surface area contributed by atoms with Crippen molar-refractivity contribution in [2.45, 2.75) is 44.4 Å². The van der Waals surface area contributed by atoms with Crippen LogP contribution in [-0.4, -0.2) is 38.6 Å². The smallest absolute Gasteiger partial charge is 0.393 e. The molecule has 220 valence electrons. The molecule has 1 aliphatic carbocycles. The van der Waals surface area contributed by atoms with Crippen molar-refractivity contribution in [3.8, 4) is 16.8 Å². The Morgan fingerprint density at radius 2 is 1.79 bits per heavy atom. The summed E-state index contributed by atoms with van der Waals surface area (Å²) in [6.45, 7) is 0.0815. The average Bonchev–Trinajstić information content (AvgIpc) is 3.70. The first-order valence-corrected chi connectivity index (χ1v) is 14.2. The van der Waals surface area contributed by atoms with Gasteiger partial charge in [-0.05, 0) is 85.0 Å². The topological polar surface area (TPSA) is 110 Å². The highest BCUT2D eigenvalue weighted by molar-refractivity contribution is 6.08. The van der Waals surface area contributed by atoms with Gasteiger partial charge < -0.3 is 20.3 Å². The highest BCUT2D eigenvalue weighted by Crippen LogP contribution is 2.38. The molecule has 2 aliphatic rings. The molecule has 0 spiro atoms. The van der Waals surface area contributed by atoms with Crippen molar-refractivity contribution < 1.29 is 27.6 Å². The van der Waals surface area contributed by atoms with E-state index in [1.54, 1.807) is 0 Å². The number of aliphatic hydroxyl groups is 1. The van der Waals surface area contributed by atoms with Gasteiger partial charge in [-0.1, -0.05) is 41.6 Å². The van der Waals surface area contributed by atoms with E-state index < -0.39 is 17.8 Å². The largest absolute Gasteiger partial charge is 0.435 e. The number of rotatable bonds is 5. The number of aliphatic hydroxyl groups excluding tert-OH is 1. The molecule has 8 nitrogen and oxygen atoms in total. The summed E-state index contributed by atoms with van der Waals surface area (Å²) in [5.74, 6) is -0.0519. The average molecular weight is 588 g/mol. The maximum Gasteiger partial charge on any atom is 0.435 e. The highest BCUT2D eigenvalue weighted by Gasteiger charge is 2.43. The molecule has 1 fully saturated rings. The van der Waals surface area contributed by atoms with Crippen molar-refractivity contribution in [1.29, 1.82) is 0 Å². The number of amides is 1. The van der Waals surface area contributed by atoms with Gasteiger partial charge in [-0.3, -0.25) is 4.79 Å². The second-order valence-electron chi connectivity index (χ2n) is 11.3. The predicted molar refractivity (Wildman–Crippen MR) is 155 cm³/mol. The van der Waals surface area contributed by atoms with Crippen LogP contribution in [0.5, 0.6) is 0 Å². The standard InChI is InChI=1S/C32H28F3N5O3/c33-32(34,35)29-25-13-14-39(31(42)28(25)40(37-29)22-10-12-27-26(17-22)30(36)38-43-27)21-8-6-19(7-9-21)24-4-2-1-3-20(24)15-18-5-11-23(41)16-18/h1-4,6-10,12,17-18,23,41H,5,11,13-16H2,(H2,36,38)/t18?,23-/m1/s1. The zero-order chi connectivity index (χ0) is 29.9. The lowest BCUT2D eigenvalue weighted by atomic mass is 9.91. The molecular formula is C32H28F3N5O3. The van der Waals surface area contributed by atoms with E-state index in [9.17, 15) is 23.1 Å². The van der Waals surface area contributed by atoms with Crippen molar-refractivity contribution in [2.24, 2.45) is 5.92 Å². The second-order valence-corrected chi connectivity index (χ2v) is 11.3. The number of hydrogen-bond donors (Lipinski definition) is 2. The minimum atomic E-state index is -4.73. The van der Waals surface area contributed by atoms with E-state index in [1.165, 1.54) is 28.7 Å². The first kappa shape index (κ1) is 27.2. The normalized spacial score (nSPS) is 18.9. The van der Waals surface area contributed by atoms with Crippen LogP contribution >= 0.6 is 0 Å². The van der Waals surface area contributed by atoms with Crippen LogP contribution in [0.4, 0.5) is 24.7 Å². The fourth-order valence-electron chi connectivity index (χ4n) is 6.44. The lowest BCUT2D eigenvalue weighted by Crippen LogP contribution is -2.39. The third-order valence-electron chi connectivity index (χ3n) is 8.54. The van der Waals surface area contributed by atoms with E-state index in [0.29, 0.717) is 22.6 Å². The Labute approximate surface area is 244 Å². The maximum atomic E-state index is 14.0. The van der Waals surface area contributed by atoms with E-state index >= 15 is 0 Å². The van der Waals surface area contributed by atoms with Gasteiger partial charge in [0.15, 0.2) is 17.1 Å². The van der Waals surface area contributed by atoms with Crippen LogP contribution in [0.1, 0.15) is 46.6 Å². The molecule has 3 aromatic carbocycles. The molecule has 0 saturated heterocycles. The molecule has 2 atom stereocenters. The summed E-state index contributed by atoms with van der Waals surface area (Å²) >= 11 is 0. The molecule has 0 radical (unpaired) electrons. The monoisotopic (exact) mass is 587 g/mol. The molecule has 3 N–H and O–H groups in total. The number of hydrogen-bond acceptors (Lipinski definition) is 6. The van der Waals surface area contributed by atoms with Crippen molar-refractivity contribution in [3.05, 3.63) is 89.2 Å². The van der Waals surface area contributed by atoms with Crippen LogP contribution in [0.2, 0.25) is 0 Å². The first-order valence-electron chi connectivity index (χ1n) is 14.2. The number of aromatic nitrogens is 3. The summed E-state index contributed by atoms with van der Waals surface area (Å²) < 4.78 is 48.3. The van der Waals surface area contributed by atoms with Crippen LogP contribution < -0.4 is 10.6 Å². The van der Waals surface area contributed by atoms with Crippen molar-refractivity contribution >= 4 is 28.4 Å². The van der Waals surface area contributed by atoms with E-state index in [2.05, 4.69) is 22.4 Å². The first-order chi connectivity index (χ1) is 20.7. The maximum absolute atomic E-state index is 14.0. The van der Waals surface area contributed by atoms with Crippen molar-refractivity contribution in [1.82, 2.24) is 14.9 Å². The van der Waals surface area contributed by atoms with E-state index in [0.717, 1.165) is 41.5 Å². The summed E-state index contributed by atoms with van der Waals surface area (Å²) in [6.07, 6.45) is -1.46. The minimum Gasteiger partial charge on any atom is -0.393 e. The molecule has 11 heteroatoms. The number of carbonyl (C=O) groups excluding carboxylic acids is 1. The number of nitrogens with zero attached hydrogens (tertiary/aromatic N) is 4. The summed E-state index contributed by atoms with van der Waals surface area (Å²) in [7, 11) is 0. The Morgan fingerprint density at radius 3 is 2.53 bits per heavy atom. The quantitative estimate of drug-likeness (QED) is 0.254. The fourth-order valence-corrected chi connectivity index (χ4v) is 6.44. The Morgan fingerprint density at radius 1 is 1.02 bits per heavy atom. The number of nitrogens with two attached hydrogens (primary N) is 1. The summed E-state index contributed by atoms with van der Waals surface area (Å²) in [5, 5.41) is 18.0. The molecule has 1 saturated carbocycles. The molecule has 1 aliphatic heterocycles. The van der Waals surface area contributed by atoms with Crippen LogP contribution in [0.25, 0.3) is 27.8 Å². The van der Waals surface area contributed by atoms with Gasteiger partial charge in [-0.15, -0.1) is 0 Å². The number of carbonyl (C=O) groups is 1. The molecule has 0 bridgehead atoms. The summed E-state index contributed by atoms with van der Waals surface area (Å²) in [4.78, 5) is 15.4. The Bertz CT molecular complexity index is 1840. The Balaban J connectivity index is 1.22. The number of anilines is 2. The van der Waals surface area contributed by atoms with Gasteiger partial charge in [0.1, 0.15) is 5.69 Å². The van der Waals surface area contributed by atoms with E-state index in [-0.39, 0.29) is 41.8 Å². The van der Waals surface area contributed by atoms with Gasteiger partial charge in [-0.25, -0.2) is 4.68 Å². The number of halogens is 3. The lowest BCUT2D eigenvalue weighted by Gasteiger charge is -2.28. The zero-order valence-corrected chi connectivity index (χ0v) is 23.0. The van der Waals surface area contributed by atoms with Gasteiger partial charge in [-0.2, -0.15) is 18.3 Å². The Kier molecular flexibility index (Phi) is 6.50. The molecule has 3 heterocycles. The number of fused-ring (bicyclic) bond motifs is 2. The lowest BCUT2D eigenvalue weighted by molar-refractivity contribution is -0.141. The van der Waals surface area contributed by atoms with Crippen molar-refractivity contribution in [2.75, 3.05) is 17.2 Å². The highest BCUT2D eigenvalue weighted by atomic mass is 19.4. The third kappa shape index (κ3) is 4.83. The van der Waals surface area contributed by atoms with Crippen LogP contribution in [-0.2, 0) is 19.0 Å². The molecule has 7 rings (SSSR count). The third-order valence-corrected chi connectivity index (χ3v) is 8.54. The van der Waals surface area contributed by atoms with Gasteiger partial charge in [0.05, 0.1) is 17.2 Å². The van der Waals surface area contributed by atoms with Gasteiger partial charge in [0.25, 0.3) is 5.91 Å². The molecule has 5 aromatic rings. The second kappa shape index (κ2) is 10.3.